The lowest BCUT2D eigenvalue weighted by atomic mass is 10.1. The van der Waals surface area contributed by atoms with Crippen LogP contribution in [0.1, 0.15) is 168 Å². The minimum absolute atomic E-state index is 0.137. The molecule has 0 radical (unpaired) electrons. The summed E-state index contributed by atoms with van der Waals surface area (Å²) in [4.78, 5) is 45.8. The van der Waals surface area contributed by atoms with Crippen molar-refractivity contribution in [1.82, 2.24) is 0 Å². The van der Waals surface area contributed by atoms with Crippen LogP contribution >= 0.6 is 7.82 Å². The summed E-state index contributed by atoms with van der Waals surface area (Å²) in [7, 11) is -4.72. The van der Waals surface area contributed by atoms with E-state index in [9.17, 15) is 23.8 Å². The zero-order valence-corrected chi connectivity index (χ0v) is 34.4. The van der Waals surface area contributed by atoms with Gasteiger partial charge < -0.3 is 25.2 Å². The Balaban J connectivity index is 4.48. The van der Waals surface area contributed by atoms with Gasteiger partial charge in [0.1, 0.15) is 12.6 Å². The van der Waals surface area contributed by atoms with Crippen molar-refractivity contribution in [2.75, 3.05) is 19.8 Å². The summed E-state index contributed by atoms with van der Waals surface area (Å²) in [5.74, 6) is -2.44. The number of allylic oxidation sites excluding steroid dienone is 8. The third-order valence-corrected chi connectivity index (χ3v) is 9.50. The lowest BCUT2D eigenvalue weighted by Gasteiger charge is -2.20. The number of esters is 2. The number of rotatable bonds is 38. The lowest BCUT2D eigenvalue weighted by Crippen LogP contribution is -2.34. The summed E-state index contributed by atoms with van der Waals surface area (Å²) in [6.07, 6.45) is 40.3. The first kappa shape index (κ1) is 51.4. The van der Waals surface area contributed by atoms with Gasteiger partial charge in [0.05, 0.1) is 13.2 Å². The summed E-state index contributed by atoms with van der Waals surface area (Å²) >= 11 is 0. The Kier molecular flexibility index (Phi) is 35.6. The maximum absolute atomic E-state index is 12.6. The van der Waals surface area contributed by atoms with Gasteiger partial charge in [0, 0.05) is 12.8 Å². The van der Waals surface area contributed by atoms with Crippen LogP contribution in [0.2, 0.25) is 0 Å². The molecule has 0 amide bonds. The van der Waals surface area contributed by atoms with Gasteiger partial charge in [0.25, 0.3) is 0 Å². The molecule has 1 unspecified atom stereocenters. The second-order valence-corrected chi connectivity index (χ2v) is 15.2. The molecule has 0 aromatic carbocycles. The van der Waals surface area contributed by atoms with Gasteiger partial charge in [-0.2, -0.15) is 0 Å². The average Bonchev–Trinajstić information content (AvgIpc) is 3.14. The smallest absolute Gasteiger partial charge is 0.472 e. The van der Waals surface area contributed by atoms with E-state index in [0.717, 1.165) is 70.6 Å². The van der Waals surface area contributed by atoms with Crippen molar-refractivity contribution >= 4 is 25.7 Å². The lowest BCUT2D eigenvalue weighted by molar-refractivity contribution is -0.161. The van der Waals surface area contributed by atoms with Crippen molar-refractivity contribution in [1.29, 1.82) is 0 Å². The maximum Gasteiger partial charge on any atom is 0.472 e. The van der Waals surface area contributed by atoms with Gasteiger partial charge in [-0.25, -0.2) is 4.57 Å². The van der Waals surface area contributed by atoms with E-state index in [1.165, 1.54) is 57.8 Å². The molecule has 0 bridgehead atoms. The number of carboxylic acids is 1. The molecule has 0 aromatic heterocycles. The average molecular weight is 784 g/mol. The molecule has 0 aliphatic rings. The third-order valence-electron chi connectivity index (χ3n) is 8.55. The first-order valence-electron chi connectivity index (χ1n) is 20.7. The van der Waals surface area contributed by atoms with Gasteiger partial charge in [0.2, 0.25) is 0 Å². The molecule has 0 aliphatic carbocycles. The van der Waals surface area contributed by atoms with E-state index in [2.05, 4.69) is 67.0 Å². The van der Waals surface area contributed by atoms with Crippen molar-refractivity contribution < 1.29 is 47.5 Å². The van der Waals surface area contributed by atoms with E-state index in [-0.39, 0.29) is 19.4 Å². The Morgan fingerprint density at radius 2 is 0.981 bits per heavy atom. The molecule has 0 rings (SSSR count). The number of nitrogens with two attached hydrogens (primary N) is 1. The number of unbranched alkanes of at least 4 members (excludes halogenated alkanes) is 16. The van der Waals surface area contributed by atoms with Crippen LogP contribution in [-0.2, 0) is 37.5 Å². The second kappa shape index (κ2) is 37.4. The van der Waals surface area contributed by atoms with Crippen molar-refractivity contribution in [3.8, 4) is 0 Å². The Morgan fingerprint density at radius 1 is 0.574 bits per heavy atom. The number of hydrogen-bond acceptors (Lipinski definition) is 9. The fourth-order valence-electron chi connectivity index (χ4n) is 5.24. The predicted octanol–water partition coefficient (Wildman–Crippen LogP) is 10.6. The minimum atomic E-state index is -4.72. The fourth-order valence-corrected chi connectivity index (χ4v) is 6.02. The minimum Gasteiger partial charge on any atom is -0.480 e. The number of carbonyl (C=O) groups excluding carboxylic acids is 2. The Labute approximate surface area is 326 Å². The highest BCUT2D eigenvalue weighted by atomic mass is 31.2. The molecular formula is C42H74NO10P. The molecule has 0 aliphatic heterocycles. The molecular weight excluding hydrogens is 709 g/mol. The maximum atomic E-state index is 12.6. The van der Waals surface area contributed by atoms with E-state index in [4.69, 9.17) is 24.8 Å². The number of hydrogen-bond donors (Lipinski definition) is 3. The van der Waals surface area contributed by atoms with Crippen LogP contribution in [0.5, 0.6) is 0 Å². The standard InChI is InChI=1S/C42H74NO10P/c1-3-5-7-9-11-13-15-17-19-21-23-25-27-29-31-33-40(44)50-35-38(36-51-54(48,49)52-37-39(43)42(46)47)53-41(45)34-32-30-28-26-24-22-20-18-16-14-12-10-8-6-4-2/h12,14,17-20,23,25,38-39H,3-11,13,15-16,21-22,24,26-37,43H2,1-2H3,(H,46,47)(H,48,49)/b14-12+,19-17+,20-18+,25-23+/t38-,39+/m1/s1. The second-order valence-electron chi connectivity index (χ2n) is 13.8. The number of carboxylic acid groups (broad SMARTS) is 1. The molecule has 12 heteroatoms. The van der Waals surface area contributed by atoms with E-state index < -0.39 is 51.1 Å². The van der Waals surface area contributed by atoms with Crippen LogP contribution < -0.4 is 5.73 Å². The van der Waals surface area contributed by atoms with Gasteiger partial charge in [-0.1, -0.05) is 127 Å². The molecule has 4 N–H and O–H groups in total. The quantitative estimate of drug-likeness (QED) is 0.0235. The number of ether oxygens (including phenoxy) is 2. The Bertz CT molecular complexity index is 1110. The highest BCUT2D eigenvalue weighted by molar-refractivity contribution is 7.47. The zero-order chi connectivity index (χ0) is 40.0. The van der Waals surface area contributed by atoms with Crippen LogP contribution in [0.15, 0.2) is 48.6 Å². The van der Waals surface area contributed by atoms with Crippen LogP contribution in [0.3, 0.4) is 0 Å². The van der Waals surface area contributed by atoms with Gasteiger partial charge in [-0.3, -0.25) is 23.4 Å². The molecule has 3 atom stereocenters. The summed E-state index contributed by atoms with van der Waals surface area (Å²) < 4.78 is 32.6. The molecule has 0 saturated heterocycles. The summed E-state index contributed by atoms with van der Waals surface area (Å²) in [6, 6.07) is -1.53. The highest BCUT2D eigenvalue weighted by Gasteiger charge is 2.28. The SMILES string of the molecule is CCCCC/C=C/C/C=C/CCCCCCCC(=O)O[C@H](COC(=O)CCCC/C=C/C/C=C/CCCCCCCC)COP(=O)(O)OC[C@H](N)C(=O)O. The van der Waals surface area contributed by atoms with Crippen LogP contribution in [-0.4, -0.2) is 59.9 Å². The molecule has 0 spiro atoms. The first-order valence-corrected chi connectivity index (χ1v) is 22.2. The molecule has 0 heterocycles. The van der Waals surface area contributed by atoms with Crippen molar-refractivity contribution in [3.05, 3.63) is 48.6 Å². The highest BCUT2D eigenvalue weighted by Crippen LogP contribution is 2.43. The molecule has 0 saturated carbocycles. The van der Waals surface area contributed by atoms with Gasteiger partial charge in [-0.15, -0.1) is 0 Å². The topological polar surface area (TPSA) is 172 Å². The van der Waals surface area contributed by atoms with Crippen LogP contribution in [0, 0.1) is 0 Å². The number of phosphoric ester groups is 1. The van der Waals surface area contributed by atoms with Crippen molar-refractivity contribution in [2.24, 2.45) is 5.73 Å². The number of carbonyl (C=O) groups is 3. The number of aliphatic carboxylic acids is 1. The van der Waals surface area contributed by atoms with E-state index in [0.29, 0.717) is 12.8 Å². The largest absolute Gasteiger partial charge is 0.480 e. The van der Waals surface area contributed by atoms with Crippen LogP contribution in [0.4, 0.5) is 0 Å². The van der Waals surface area contributed by atoms with Crippen LogP contribution in [0.25, 0.3) is 0 Å². The molecule has 0 aromatic rings. The third kappa shape index (κ3) is 36.4. The van der Waals surface area contributed by atoms with Gasteiger partial charge >= 0.3 is 25.7 Å². The zero-order valence-electron chi connectivity index (χ0n) is 33.6. The van der Waals surface area contributed by atoms with Gasteiger partial charge in [0.15, 0.2) is 6.10 Å². The molecule has 0 fully saturated rings. The summed E-state index contributed by atoms with van der Waals surface area (Å²) in [5.41, 5.74) is 5.32. The van der Waals surface area contributed by atoms with E-state index >= 15 is 0 Å². The number of phosphoric acid groups is 1. The Morgan fingerprint density at radius 3 is 1.52 bits per heavy atom. The van der Waals surface area contributed by atoms with Gasteiger partial charge in [-0.05, 0) is 77.0 Å². The first-order chi connectivity index (χ1) is 26.1. The predicted molar refractivity (Wildman–Crippen MR) is 217 cm³/mol. The summed E-state index contributed by atoms with van der Waals surface area (Å²) in [6.45, 7) is 2.71. The van der Waals surface area contributed by atoms with E-state index in [1.807, 2.05) is 0 Å². The normalized spacial score (nSPS) is 14.3. The molecule has 54 heavy (non-hydrogen) atoms. The summed E-state index contributed by atoms with van der Waals surface area (Å²) in [5, 5.41) is 8.87. The fraction of sp³-hybridized carbons (Fsp3) is 0.738. The van der Waals surface area contributed by atoms with Crippen molar-refractivity contribution in [3.63, 3.8) is 0 Å². The molecule has 312 valence electrons. The van der Waals surface area contributed by atoms with E-state index in [1.54, 1.807) is 0 Å². The monoisotopic (exact) mass is 784 g/mol. The molecule has 11 nitrogen and oxygen atoms in total. The Hall–Kier alpha value is -2.56. The van der Waals surface area contributed by atoms with Crippen molar-refractivity contribution in [2.45, 2.75) is 180 Å².